The summed E-state index contributed by atoms with van der Waals surface area (Å²) in [5, 5.41) is 0. The lowest BCUT2D eigenvalue weighted by Gasteiger charge is -2.09. The number of esters is 1. The normalized spacial score (nSPS) is 11.8. The van der Waals surface area contributed by atoms with Crippen LogP contribution in [0.2, 0.25) is 0 Å². The monoisotopic (exact) mass is 327 g/mol. The van der Waals surface area contributed by atoms with Gasteiger partial charge in [-0.2, -0.15) is 0 Å². The third-order valence-electron chi connectivity index (χ3n) is 3.99. The Morgan fingerprint density at radius 3 is 2.54 bits per heavy atom. The molecule has 0 spiro atoms. The summed E-state index contributed by atoms with van der Waals surface area (Å²) < 4.78 is 10.9. The standard InChI is InChI=1S/C20H25NO3/c1-4-15(2)6-5-13-23-19-12-9-17(14-21-19)20(22)24-18-10-7-16(3)8-11-18/h7-12,14-15H,4-6,13H2,1-3H3. The summed E-state index contributed by atoms with van der Waals surface area (Å²) in [6.07, 6.45) is 4.84. The van der Waals surface area contributed by atoms with Crippen LogP contribution >= 0.6 is 0 Å². The zero-order chi connectivity index (χ0) is 17.4. The Morgan fingerprint density at radius 2 is 1.92 bits per heavy atom. The molecular formula is C20H25NO3. The molecule has 0 bridgehead atoms. The van der Waals surface area contributed by atoms with Gasteiger partial charge < -0.3 is 9.47 Å². The molecule has 0 aliphatic heterocycles. The van der Waals surface area contributed by atoms with E-state index in [0.717, 1.165) is 24.3 Å². The minimum atomic E-state index is -0.422. The maximum atomic E-state index is 12.1. The van der Waals surface area contributed by atoms with Crippen molar-refractivity contribution in [2.24, 2.45) is 5.92 Å². The number of hydrogen-bond acceptors (Lipinski definition) is 4. The predicted molar refractivity (Wildman–Crippen MR) is 94.6 cm³/mol. The molecule has 1 heterocycles. The van der Waals surface area contributed by atoms with Gasteiger partial charge in [0.05, 0.1) is 12.2 Å². The molecule has 0 saturated heterocycles. The second kappa shape index (κ2) is 9.06. The van der Waals surface area contributed by atoms with Crippen LogP contribution in [-0.4, -0.2) is 17.6 Å². The first-order valence-electron chi connectivity index (χ1n) is 8.46. The van der Waals surface area contributed by atoms with Crippen LogP contribution in [0.25, 0.3) is 0 Å². The quantitative estimate of drug-likeness (QED) is 0.396. The average molecular weight is 327 g/mol. The summed E-state index contributed by atoms with van der Waals surface area (Å²) in [7, 11) is 0. The van der Waals surface area contributed by atoms with Crippen LogP contribution in [0.1, 0.15) is 49.0 Å². The highest BCUT2D eigenvalue weighted by Gasteiger charge is 2.09. The van der Waals surface area contributed by atoms with Crippen molar-refractivity contribution in [3.05, 3.63) is 53.7 Å². The topological polar surface area (TPSA) is 48.4 Å². The Hall–Kier alpha value is -2.36. The number of carbonyl (C=O) groups is 1. The lowest BCUT2D eigenvalue weighted by molar-refractivity contribution is 0.0734. The van der Waals surface area contributed by atoms with E-state index < -0.39 is 5.97 Å². The van der Waals surface area contributed by atoms with Crippen LogP contribution in [0.3, 0.4) is 0 Å². The van der Waals surface area contributed by atoms with Gasteiger partial charge in [0.2, 0.25) is 5.88 Å². The van der Waals surface area contributed by atoms with E-state index in [1.54, 1.807) is 24.3 Å². The van der Waals surface area contributed by atoms with Crippen molar-refractivity contribution in [2.75, 3.05) is 6.61 Å². The van der Waals surface area contributed by atoms with Crippen LogP contribution in [0.15, 0.2) is 42.6 Å². The van der Waals surface area contributed by atoms with Crippen molar-refractivity contribution in [1.82, 2.24) is 4.98 Å². The number of hydrogen-bond donors (Lipinski definition) is 0. The molecular weight excluding hydrogens is 302 g/mol. The van der Waals surface area contributed by atoms with E-state index in [1.165, 1.54) is 12.6 Å². The molecule has 0 saturated carbocycles. The van der Waals surface area contributed by atoms with E-state index in [2.05, 4.69) is 18.8 Å². The second-order valence-electron chi connectivity index (χ2n) is 6.09. The Bertz CT molecular complexity index is 635. The molecule has 0 amide bonds. The van der Waals surface area contributed by atoms with Crippen LogP contribution < -0.4 is 9.47 Å². The first-order chi connectivity index (χ1) is 11.6. The largest absolute Gasteiger partial charge is 0.478 e. The summed E-state index contributed by atoms with van der Waals surface area (Å²) in [6, 6.07) is 10.7. The summed E-state index contributed by atoms with van der Waals surface area (Å²) in [6.45, 7) is 7.07. The third kappa shape index (κ3) is 5.69. The third-order valence-corrected chi connectivity index (χ3v) is 3.99. The molecule has 1 unspecified atom stereocenters. The minimum Gasteiger partial charge on any atom is -0.478 e. The predicted octanol–water partition coefficient (Wildman–Crippen LogP) is 4.81. The van der Waals surface area contributed by atoms with E-state index in [-0.39, 0.29) is 0 Å². The summed E-state index contributed by atoms with van der Waals surface area (Å²) in [5.41, 5.74) is 1.52. The highest BCUT2D eigenvalue weighted by atomic mass is 16.5. The van der Waals surface area contributed by atoms with Crippen molar-refractivity contribution in [1.29, 1.82) is 0 Å². The molecule has 24 heavy (non-hydrogen) atoms. The van der Waals surface area contributed by atoms with Gasteiger partial charge in [0.1, 0.15) is 5.75 Å². The van der Waals surface area contributed by atoms with E-state index in [4.69, 9.17) is 9.47 Å². The second-order valence-corrected chi connectivity index (χ2v) is 6.09. The molecule has 2 rings (SSSR count). The number of ether oxygens (including phenoxy) is 2. The highest BCUT2D eigenvalue weighted by Crippen LogP contribution is 2.15. The molecule has 1 atom stereocenters. The van der Waals surface area contributed by atoms with Crippen LogP contribution in [0.5, 0.6) is 11.6 Å². The first kappa shape index (κ1) is 18.0. The van der Waals surface area contributed by atoms with Crippen molar-refractivity contribution in [3.63, 3.8) is 0 Å². The van der Waals surface area contributed by atoms with Crippen molar-refractivity contribution < 1.29 is 14.3 Å². The molecule has 0 aliphatic rings. The molecule has 1 aromatic carbocycles. The Balaban J connectivity index is 1.82. The lowest BCUT2D eigenvalue weighted by Crippen LogP contribution is -2.09. The van der Waals surface area contributed by atoms with Gasteiger partial charge in [-0.3, -0.25) is 0 Å². The molecule has 0 fully saturated rings. The fraction of sp³-hybridized carbons (Fsp3) is 0.400. The van der Waals surface area contributed by atoms with Gasteiger partial charge in [-0.05, 0) is 43.9 Å². The van der Waals surface area contributed by atoms with Gasteiger partial charge >= 0.3 is 5.97 Å². The van der Waals surface area contributed by atoms with Gasteiger partial charge in [0, 0.05) is 12.3 Å². The molecule has 2 aromatic rings. The van der Waals surface area contributed by atoms with E-state index in [9.17, 15) is 4.79 Å². The SMILES string of the molecule is CCC(C)CCCOc1ccc(C(=O)Oc2ccc(C)cc2)cn1. The number of aromatic nitrogens is 1. The average Bonchev–Trinajstić information content (AvgIpc) is 2.61. The molecule has 0 aliphatic carbocycles. The number of benzene rings is 1. The van der Waals surface area contributed by atoms with E-state index >= 15 is 0 Å². The number of carbonyl (C=O) groups excluding carboxylic acids is 1. The highest BCUT2D eigenvalue weighted by molar-refractivity contribution is 5.90. The molecule has 1 aromatic heterocycles. The molecule has 4 nitrogen and oxygen atoms in total. The van der Waals surface area contributed by atoms with Crippen molar-refractivity contribution >= 4 is 5.97 Å². The maximum absolute atomic E-state index is 12.1. The first-order valence-corrected chi connectivity index (χ1v) is 8.46. The number of aryl methyl sites for hydroxylation is 1. The maximum Gasteiger partial charge on any atom is 0.345 e. The number of rotatable bonds is 8. The van der Waals surface area contributed by atoms with Crippen LogP contribution in [0.4, 0.5) is 0 Å². The summed E-state index contributed by atoms with van der Waals surface area (Å²) in [4.78, 5) is 16.2. The Kier molecular flexibility index (Phi) is 6.79. The van der Waals surface area contributed by atoms with Gasteiger partial charge in [0.25, 0.3) is 0 Å². The fourth-order valence-corrected chi connectivity index (χ4v) is 2.17. The smallest absolute Gasteiger partial charge is 0.345 e. The van der Waals surface area contributed by atoms with Gasteiger partial charge in [-0.1, -0.05) is 38.0 Å². The fourth-order valence-electron chi connectivity index (χ4n) is 2.17. The van der Waals surface area contributed by atoms with E-state index in [0.29, 0.717) is 23.8 Å². The van der Waals surface area contributed by atoms with Crippen molar-refractivity contribution in [2.45, 2.75) is 40.0 Å². The van der Waals surface area contributed by atoms with Crippen molar-refractivity contribution in [3.8, 4) is 11.6 Å². The minimum absolute atomic E-state index is 0.405. The molecule has 128 valence electrons. The molecule has 0 N–H and O–H groups in total. The molecule has 0 radical (unpaired) electrons. The van der Waals surface area contributed by atoms with Crippen LogP contribution in [0, 0.1) is 12.8 Å². The zero-order valence-corrected chi connectivity index (χ0v) is 14.6. The van der Waals surface area contributed by atoms with Gasteiger partial charge in [-0.15, -0.1) is 0 Å². The summed E-state index contributed by atoms with van der Waals surface area (Å²) in [5.74, 6) is 1.36. The lowest BCUT2D eigenvalue weighted by atomic mass is 10.0. The zero-order valence-electron chi connectivity index (χ0n) is 14.6. The van der Waals surface area contributed by atoms with Crippen LogP contribution in [-0.2, 0) is 0 Å². The number of nitrogens with zero attached hydrogens (tertiary/aromatic N) is 1. The van der Waals surface area contributed by atoms with Gasteiger partial charge in [-0.25, -0.2) is 9.78 Å². The molecule has 4 heteroatoms. The van der Waals surface area contributed by atoms with E-state index in [1.807, 2.05) is 19.1 Å². The Labute approximate surface area is 143 Å². The van der Waals surface area contributed by atoms with Gasteiger partial charge in [0.15, 0.2) is 0 Å². The number of pyridine rings is 1. The summed E-state index contributed by atoms with van der Waals surface area (Å²) >= 11 is 0. The Morgan fingerprint density at radius 1 is 1.17 bits per heavy atom.